The van der Waals surface area contributed by atoms with Crippen molar-refractivity contribution in [3.8, 4) is 0 Å². The van der Waals surface area contributed by atoms with Crippen LogP contribution < -0.4 is 10.6 Å². The van der Waals surface area contributed by atoms with E-state index in [1.807, 2.05) is 5.32 Å². The molecule has 10 nitrogen and oxygen atoms in total. The zero-order valence-electron chi connectivity index (χ0n) is 11.0. The Balaban J connectivity index is 4.28. The summed E-state index contributed by atoms with van der Waals surface area (Å²) in [4.78, 5) is 32.4. The van der Waals surface area contributed by atoms with Gasteiger partial charge in [0, 0.05) is 20.6 Å². The maximum Gasteiger partial charge on any atom is 0.326 e. The summed E-state index contributed by atoms with van der Waals surface area (Å²) in [6, 6.07) is -2.54. The Morgan fingerprint density at radius 2 is 1.75 bits per heavy atom. The minimum atomic E-state index is -3.48. The number of nitrogens with zero attached hydrogens (tertiary/aromatic N) is 1. The number of carboxylic acid groups (broad SMARTS) is 2. The molecule has 0 saturated heterocycles. The van der Waals surface area contributed by atoms with Crippen molar-refractivity contribution < 1.29 is 33.0 Å². The fourth-order valence-electron chi connectivity index (χ4n) is 1.06. The largest absolute Gasteiger partial charge is 0.481 e. The van der Waals surface area contributed by atoms with Crippen LogP contribution in [-0.2, 0) is 19.6 Å². The normalized spacial score (nSPS) is 12.8. The first-order valence-electron chi connectivity index (χ1n) is 5.45. The Labute approximate surface area is 115 Å². The van der Waals surface area contributed by atoms with Crippen LogP contribution in [0.5, 0.6) is 0 Å². The zero-order chi connectivity index (χ0) is 15.9. The first-order chi connectivity index (χ1) is 9.06. The first-order valence-corrected chi connectivity index (χ1v) is 7.06. The summed E-state index contributed by atoms with van der Waals surface area (Å²) < 4.78 is 23.7. The lowest BCUT2D eigenvalue weighted by Gasteiger charge is -2.14. The van der Waals surface area contributed by atoms with Gasteiger partial charge in [-0.15, -0.1) is 0 Å². The second-order valence-electron chi connectivity index (χ2n) is 3.99. The number of rotatable bonds is 8. The number of nitrogens with one attached hydrogen (secondary N) is 2. The molecule has 0 fully saturated rings. The van der Waals surface area contributed by atoms with Gasteiger partial charge in [-0.25, -0.2) is 22.3 Å². The highest BCUT2D eigenvalue weighted by molar-refractivity contribution is 7.89. The second kappa shape index (κ2) is 7.65. The van der Waals surface area contributed by atoms with Gasteiger partial charge < -0.3 is 20.8 Å². The van der Waals surface area contributed by atoms with E-state index in [-0.39, 0.29) is 12.3 Å². The minimum absolute atomic E-state index is 0.230. The van der Waals surface area contributed by atoms with Crippen molar-refractivity contribution in [2.75, 3.05) is 26.4 Å². The van der Waals surface area contributed by atoms with Crippen LogP contribution in [0.4, 0.5) is 4.79 Å². The maximum atomic E-state index is 11.4. The molecule has 0 aromatic rings. The van der Waals surface area contributed by atoms with Crippen molar-refractivity contribution in [1.82, 2.24) is 14.9 Å². The molecule has 0 radical (unpaired) electrons. The topological polar surface area (TPSA) is 153 Å². The zero-order valence-corrected chi connectivity index (χ0v) is 11.8. The predicted octanol–water partition coefficient (Wildman–Crippen LogP) is -1.90. The third-order valence-corrected chi connectivity index (χ3v) is 4.02. The first kappa shape index (κ1) is 18.1. The van der Waals surface area contributed by atoms with E-state index in [0.717, 1.165) is 4.31 Å². The third-order valence-electron chi connectivity index (χ3n) is 2.18. The van der Waals surface area contributed by atoms with Gasteiger partial charge in [-0.3, -0.25) is 4.79 Å². The van der Waals surface area contributed by atoms with Crippen LogP contribution in [0.25, 0.3) is 0 Å². The van der Waals surface area contributed by atoms with Gasteiger partial charge in [0.15, 0.2) is 0 Å². The van der Waals surface area contributed by atoms with E-state index in [1.165, 1.54) is 14.1 Å². The molecule has 0 aromatic carbocycles. The molecule has 0 aliphatic rings. The number of aliphatic carboxylic acids is 2. The van der Waals surface area contributed by atoms with Crippen LogP contribution in [0.1, 0.15) is 6.42 Å². The van der Waals surface area contributed by atoms with E-state index in [1.54, 1.807) is 0 Å². The van der Waals surface area contributed by atoms with E-state index in [0.29, 0.717) is 0 Å². The van der Waals surface area contributed by atoms with E-state index in [4.69, 9.17) is 10.2 Å². The predicted molar refractivity (Wildman–Crippen MR) is 67.7 cm³/mol. The van der Waals surface area contributed by atoms with Gasteiger partial charge in [-0.2, -0.15) is 0 Å². The van der Waals surface area contributed by atoms with E-state index >= 15 is 0 Å². The molecule has 1 atom stereocenters. The molecular weight excluding hydrogens is 294 g/mol. The van der Waals surface area contributed by atoms with Gasteiger partial charge in [-0.05, 0) is 0 Å². The molecule has 0 aliphatic carbocycles. The summed E-state index contributed by atoms with van der Waals surface area (Å²) in [6.07, 6.45) is -0.779. The van der Waals surface area contributed by atoms with Crippen molar-refractivity contribution >= 4 is 28.0 Å². The van der Waals surface area contributed by atoms with Gasteiger partial charge in [0.25, 0.3) is 0 Å². The quantitative estimate of drug-likeness (QED) is 0.408. The van der Waals surface area contributed by atoms with E-state index in [9.17, 15) is 22.8 Å². The number of carboxylic acids is 2. The molecule has 116 valence electrons. The molecule has 0 rings (SSSR count). The summed E-state index contributed by atoms with van der Waals surface area (Å²) >= 11 is 0. The lowest BCUT2D eigenvalue weighted by molar-refractivity contribution is -0.145. The highest BCUT2D eigenvalue weighted by Gasteiger charge is 2.23. The van der Waals surface area contributed by atoms with Crippen molar-refractivity contribution in [3.63, 3.8) is 0 Å². The Morgan fingerprint density at radius 1 is 1.20 bits per heavy atom. The van der Waals surface area contributed by atoms with Crippen LogP contribution in [0.2, 0.25) is 0 Å². The number of sulfonamides is 1. The molecule has 0 saturated carbocycles. The minimum Gasteiger partial charge on any atom is -0.481 e. The van der Waals surface area contributed by atoms with Gasteiger partial charge in [0.1, 0.15) is 6.04 Å². The molecule has 4 N–H and O–H groups in total. The van der Waals surface area contributed by atoms with Gasteiger partial charge in [0.05, 0.1) is 12.2 Å². The van der Waals surface area contributed by atoms with Crippen molar-refractivity contribution in [2.24, 2.45) is 0 Å². The lowest BCUT2D eigenvalue weighted by atomic mass is 10.2. The molecule has 0 heterocycles. The monoisotopic (exact) mass is 311 g/mol. The lowest BCUT2D eigenvalue weighted by Crippen LogP contribution is -2.48. The van der Waals surface area contributed by atoms with Gasteiger partial charge in [-0.1, -0.05) is 0 Å². The van der Waals surface area contributed by atoms with Crippen LogP contribution in [0.15, 0.2) is 0 Å². The summed E-state index contributed by atoms with van der Waals surface area (Å²) in [6.45, 7) is -0.230. The summed E-state index contributed by atoms with van der Waals surface area (Å²) in [5, 5.41) is 21.2. The van der Waals surface area contributed by atoms with Gasteiger partial charge >= 0.3 is 18.0 Å². The molecule has 0 bridgehead atoms. The highest BCUT2D eigenvalue weighted by Crippen LogP contribution is 1.94. The fraction of sp³-hybridized carbons (Fsp3) is 0.667. The van der Waals surface area contributed by atoms with Crippen molar-refractivity contribution in [3.05, 3.63) is 0 Å². The maximum absolute atomic E-state index is 11.4. The number of urea groups is 1. The van der Waals surface area contributed by atoms with Crippen LogP contribution >= 0.6 is 0 Å². The molecule has 11 heteroatoms. The Hall–Kier alpha value is -1.88. The van der Waals surface area contributed by atoms with E-state index < -0.39 is 40.5 Å². The molecule has 0 spiro atoms. The Bertz CT molecular complexity index is 474. The van der Waals surface area contributed by atoms with Crippen molar-refractivity contribution in [1.29, 1.82) is 0 Å². The number of carbonyl (C=O) groups is 3. The van der Waals surface area contributed by atoms with E-state index in [2.05, 4.69) is 5.32 Å². The standard InChI is InChI=1S/C9H17N3O7S/c1-12(2)20(18,19)4-3-10-9(17)11-6(8(15)16)5-7(13)14/h6H,3-5H2,1-2H3,(H,13,14)(H,15,16)(H2,10,11,17)/t6-/m1/s1. The molecule has 0 aromatic heterocycles. The molecule has 0 aliphatic heterocycles. The fourth-order valence-corrected chi connectivity index (χ4v) is 1.79. The molecular formula is C9H17N3O7S. The van der Waals surface area contributed by atoms with Crippen LogP contribution in [0, 0.1) is 0 Å². The van der Waals surface area contributed by atoms with Gasteiger partial charge in [0.2, 0.25) is 10.0 Å². The summed E-state index contributed by atoms with van der Waals surface area (Å²) in [5.41, 5.74) is 0. The third kappa shape index (κ3) is 6.89. The Morgan fingerprint density at radius 3 is 2.15 bits per heavy atom. The number of carbonyl (C=O) groups excluding carboxylic acids is 1. The smallest absolute Gasteiger partial charge is 0.326 e. The number of hydrogen-bond donors (Lipinski definition) is 4. The summed E-state index contributed by atoms with van der Waals surface area (Å²) in [5.74, 6) is -3.24. The molecule has 0 unspecified atom stereocenters. The highest BCUT2D eigenvalue weighted by atomic mass is 32.2. The van der Waals surface area contributed by atoms with Crippen LogP contribution in [-0.4, -0.2) is 73.3 Å². The second-order valence-corrected chi connectivity index (χ2v) is 6.29. The van der Waals surface area contributed by atoms with Crippen molar-refractivity contribution in [2.45, 2.75) is 12.5 Å². The summed E-state index contributed by atoms with van der Waals surface area (Å²) in [7, 11) is -0.805. The number of amides is 2. The Kier molecular flexibility index (Phi) is 6.93. The average molecular weight is 311 g/mol. The SMILES string of the molecule is CN(C)S(=O)(=O)CCNC(=O)N[C@H](CC(=O)O)C(=O)O. The average Bonchev–Trinajstić information content (AvgIpc) is 2.26. The molecule has 2 amide bonds. The number of hydrogen-bond acceptors (Lipinski definition) is 5. The molecule has 20 heavy (non-hydrogen) atoms. The van der Waals surface area contributed by atoms with Crippen LogP contribution in [0.3, 0.4) is 0 Å².